The lowest BCUT2D eigenvalue weighted by Crippen LogP contribution is -2.20. The minimum absolute atomic E-state index is 0.0236. The molecule has 1 aliphatic rings. The van der Waals surface area contributed by atoms with Gasteiger partial charge in [0, 0.05) is 12.0 Å². The molecule has 6 nitrogen and oxygen atoms in total. The molecular formula is C20H19N3O3. The van der Waals surface area contributed by atoms with E-state index in [9.17, 15) is 4.79 Å². The molecule has 2 aromatic carbocycles. The zero-order valence-corrected chi connectivity index (χ0v) is 14.1. The molecule has 1 amide bonds. The van der Waals surface area contributed by atoms with Crippen LogP contribution < -0.4 is 5.32 Å². The Hall–Kier alpha value is -3.12. The van der Waals surface area contributed by atoms with E-state index in [0.29, 0.717) is 12.4 Å². The topological polar surface area (TPSA) is 76.4 Å². The normalized spacial score (nSPS) is 12.5. The Morgan fingerprint density at radius 1 is 1.08 bits per heavy atom. The molecule has 6 heteroatoms. The Balaban J connectivity index is 1.48. The summed E-state index contributed by atoms with van der Waals surface area (Å²) < 4.78 is 7.01. The number of amides is 1. The highest BCUT2D eigenvalue weighted by Crippen LogP contribution is 2.44. The number of aliphatic hydroxyl groups is 1. The monoisotopic (exact) mass is 349 g/mol. The van der Waals surface area contributed by atoms with Crippen molar-refractivity contribution in [1.82, 2.24) is 9.78 Å². The van der Waals surface area contributed by atoms with Crippen LogP contribution in [0.25, 0.3) is 11.1 Å². The SMILES string of the molecule is O=C(Nc1ccnn1CCO)OCC1c2ccccc2-c2ccccc21. The summed E-state index contributed by atoms with van der Waals surface area (Å²) in [6, 6.07) is 18.1. The van der Waals surface area contributed by atoms with Crippen molar-refractivity contribution in [3.05, 3.63) is 71.9 Å². The molecule has 0 fully saturated rings. The molecular weight excluding hydrogens is 330 g/mol. The standard InChI is InChI=1S/C20H19N3O3/c24-12-11-23-19(9-10-21-23)22-20(25)26-13-18-16-7-3-1-5-14(16)15-6-2-4-8-17(15)18/h1-10,18,24H,11-13H2,(H,22,25). The van der Waals surface area contributed by atoms with E-state index >= 15 is 0 Å². The Labute approximate surface area is 151 Å². The average Bonchev–Trinajstić information content (AvgIpc) is 3.23. The second kappa shape index (κ2) is 7.01. The van der Waals surface area contributed by atoms with Gasteiger partial charge in [0.15, 0.2) is 0 Å². The summed E-state index contributed by atoms with van der Waals surface area (Å²) >= 11 is 0. The summed E-state index contributed by atoms with van der Waals surface area (Å²) in [6.45, 7) is 0.515. The quantitative estimate of drug-likeness (QED) is 0.741. The van der Waals surface area contributed by atoms with Gasteiger partial charge in [-0.05, 0) is 22.3 Å². The molecule has 0 aliphatic heterocycles. The molecule has 1 aliphatic carbocycles. The van der Waals surface area contributed by atoms with Gasteiger partial charge in [-0.1, -0.05) is 48.5 Å². The Bertz CT molecular complexity index is 890. The first-order valence-electron chi connectivity index (χ1n) is 8.52. The van der Waals surface area contributed by atoms with E-state index < -0.39 is 6.09 Å². The maximum Gasteiger partial charge on any atom is 0.412 e. The van der Waals surface area contributed by atoms with E-state index in [1.807, 2.05) is 24.3 Å². The summed E-state index contributed by atoms with van der Waals surface area (Å²) in [6.07, 6.45) is 1.03. The van der Waals surface area contributed by atoms with Crippen LogP contribution in [0.15, 0.2) is 60.8 Å². The molecule has 2 N–H and O–H groups in total. The van der Waals surface area contributed by atoms with Crippen molar-refractivity contribution in [3.8, 4) is 11.1 Å². The summed E-state index contributed by atoms with van der Waals surface area (Å²) in [4.78, 5) is 12.2. The van der Waals surface area contributed by atoms with Gasteiger partial charge in [0.2, 0.25) is 0 Å². The number of nitrogens with zero attached hydrogens (tertiary/aromatic N) is 2. The highest BCUT2D eigenvalue weighted by Gasteiger charge is 2.29. The smallest absolute Gasteiger partial charge is 0.412 e. The number of anilines is 1. The zero-order valence-electron chi connectivity index (χ0n) is 14.1. The number of aromatic nitrogens is 2. The number of fused-ring (bicyclic) bond motifs is 3. The maximum absolute atomic E-state index is 12.2. The molecule has 0 saturated carbocycles. The third kappa shape index (κ3) is 2.95. The molecule has 0 bridgehead atoms. The van der Waals surface area contributed by atoms with Crippen LogP contribution in [0.3, 0.4) is 0 Å². The number of carbonyl (C=O) groups is 1. The van der Waals surface area contributed by atoms with E-state index in [1.165, 1.54) is 26.9 Å². The van der Waals surface area contributed by atoms with Gasteiger partial charge in [-0.2, -0.15) is 5.10 Å². The van der Waals surface area contributed by atoms with Gasteiger partial charge in [-0.3, -0.25) is 5.32 Å². The lowest BCUT2D eigenvalue weighted by molar-refractivity contribution is 0.158. The van der Waals surface area contributed by atoms with E-state index in [-0.39, 0.29) is 19.1 Å². The summed E-state index contributed by atoms with van der Waals surface area (Å²) in [5.74, 6) is 0.520. The lowest BCUT2D eigenvalue weighted by Gasteiger charge is -2.15. The molecule has 0 atom stereocenters. The van der Waals surface area contributed by atoms with Crippen LogP contribution in [0.4, 0.5) is 10.6 Å². The van der Waals surface area contributed by atoms with Crippen molar-refractivity contribution in [1.29, 1.82) is 0 Å². The number of rotatable bonds is 5. The van der Waals surface area contributed by atoms with Crippen molar-refractivity contribution in [2.45, 2.75) is 12.5 Å². The fourth-order valence-corrected chi connectivity index (χ4v) is 3.45. The second-order valence-electron chi connectivity index (χ2n) is 6.11. The van der Waals surface area contributed by atoms with Crippen LogP contribution in [0.5, 0.6) is 0 Å². The fourth-order valence-electron chi connectivity index (χ4n) is 3.45. The van der Waals surface area contributed by atoms with Crippen molar-refractivity contribution in [3.63, 3.8) is 0 Å². The van der Waals surface area contributed by atoms with Crippen molar-refractivity contribution in [2.24, 2.45) is 0 Å². The first-order valence-corrected chi connectivity index (χ1v) is 8.52. The Kier molecular flexibility index (Phi) is 4.41. The number of benzene rings is 2. The van der Waals surface area contributed by atoms with Crippen LogP contribution in [0.1, 0.15) is 17.0 Å². The van der Waals surface area contributed by atoms with E-state index in [4.69, 9.17) is 9.84 Å². The number of aliphatic hydroxyl groups excluding tert-OH is 1. The third-order valence-corrected chi connectivity index (χ3v) is 4.60. The molecule has 1 heterocycles. The largest absolute Gasteiger partial charge is 0.448 e. The predicted octanol–water partition coefficient (Wildman–Crippen LogP) is 3.24. The van der Waals surface area contributed by atoms with E-state index in [1.54, 1.807) is 12.3 Å². The Morgan fingerprint density at radius 3 is 2.38 bits per heavy atom. The van der Waals surface area contributed by atoms with Gasteiger partial charge in [-0.25, -0.2) is 9.48 Å². The molecule has 0 saturated heterocycles. The van der Waals surface area contributed by atoms with Crippen LogP contribution in [0.2, 0.25) is 0 Å². The van der Waals surface area contributed by atoms with Crippen LogP contribution in [-0.2, 0) is 11.3 Å². The molecule has 0 unspecified atom stereocenters. The molecule has 26 heavy (non-hydrogen) atoms. The predicted molar refractivity (Wildman–Crippen MR) is 98.0 cm³/mol. The highest BCUT2D eigenvalue weighted by molar-refractivity contribution is 5.84. The van der Waals surface area contributed by atoms with Crippen LogP contribution >= 0.6 is 0 Å². The van der Waals surface area contributed by atoms with Gasteiger partial charge in [0.1, 0.15) is 12.4 Å². The van der Waals surface area contributed by atoms with Gasteiger partial charge in [0.05, 0.1) is 19.3 Å². The first kappa shape index (κ1) is 16.4. The van der Waals surface area contributed by atoms with Gasteiger partial charge >= 0.3 is 6.09 Å². The van der Waals surface area contributed by atoms with Crippen molar-refractivity contribution in [2.75, 3.05) is 18.5 Å². The van der Waals surface area contributed by atoms with E-state index in [0.717, 1.165) is 0 Å². The minimum Gasteiger partial charge on any atom is -0.448 e. The van der Waals surface area contributed by atoms with Gasteiger partial charge in [0.25, 0.3) is 0 Å². The van der Waals surface area contributed by atoms with Crippen molar-refractivity contribution >= 4 is 11.9 Å². The summed E-state index contributed by atoms with van der Waals surface area (Å²) in [7, 11) is 0. The molecule has 4 rings (SSSR count). The van der Waals surface area contributed by atoms with Gasteiger partial charge in [-0.15, -0.1) is 0 Å². The third-order valence-electron chi connectivity index (χ3n) is 4.60. The molecule has 0 radical (unpaired) electrons. The molecule has 3 aromatic rings. The summed E-state index contributed by atoms with van der Waals surface area (Å²) in [5.41, 5.74) is 4.73. The zero-order chi connectivity index (χ0) is 17.9. The second-order valence-corrected chi connectivity index (χ2v) is 6.11. The number of ether oxygens (including phenoxy) is 1. The lowest BCUT2D eigenvalue weighted by atomic mass is 9.98. The summed E-state index contributed by atoms with van der Waals surface area (Å²) in [5, 5.41) is 15.7. The fraction of sp³-hybridized carbons (Fsp3) is 0.200. The average molecular weight is 349 g/mol. The molecule has 132 valence electrons. The van der Waals surface area contributed by atoms with Gasteiger partial charge < -0.3 is 9.84 Å². The molecule has 0 spiro atoms. The number of hydrogen-bond donors (Lipinski definition) is 2. The molecule has 1 aromatic heterocycles. The maximum atomic E-state index is 12.2. The van der Waals surface area contributed by atoms with Crippen molar-refractivity contribution < 1.29 is 14.6 Å². The Morgan fingerprint density at radius 2 is 1.73 bits per heavy atom. The number of hydrogen-bond acceptors (Lipinski definition) is 4. The number of nitrogens with one attached hydrogen (secondary N) is 1. The highest BCUT2D eigenvalue weighted by atomic mass is 16.5. The van der Waals surface area contributed by atoms with E-state index in [2.05, 4.69) is 34.7 Å². The minimum atomic E-state index is -0.536. The van der Waals surface area contributed by atoms with Crippen LogP contribution in [0, 0.1) is 0 Å². The number of carbonyl (C=O) groups excluding carboxylic acids is 1. The first-order chi connectivity index (χ1) is 12.8. The van der Waals surface area contributed by atoms with Crippen LogP contribution in [-0.4, -0.2) is 34.2 Å².